The summed E-state index contributed by atoms with van der Waals surface area (Å²) in [6.07, 6.45) is 2.06. The lowest BCUT2D eigenvalue weighted by Crippen LogP contribution is -2.70. The molecule has 0 unspecified atom stereocenters. The monoisotopic (exact) mass is 251 g/mol. The van der Waals surface area contributed by atoms with Crippen molar-refractivity contribution in [2.75, 3.05) is 26.2 Å². The normalized spacial score (nSPS) is 23.5. The van der Waals surface area contributed by atoms with E-state index in [0.717, 1.165) is 6.54 Å². The molecule has 0 amide bonds. The summed E-state index contributed by atoms with van der Waals surface area (Å²) in [6.45, 7) is 12.8. The minimum absolute atomic E-state index is 0.191. The standard InChI is InChI=1S/C13H21N3S/c1-12(2,3)11-15-4-10(17-11)5-16-8-13(9-16)6-14-7-13/h4,14H,5-9H2,1-3H3. The molecular weight excluding hydrogens is 230 g/mol. The van der Waals surface area contributed by atoms with E-state index < -0.39 is 0 Å². The second-order valence-electron chi connectivity index (χ2n) is 6.63. The molecule has 0 bridgehead atoms. The molecule has 2 saturated heterocycles. The van der Waals surface area contributed by atoms with Crippen molar-refractivity contribution >= 4 is 11.3 Å². The van der Waals surface area contributed by atoms with Gasteiger partial charge in [0.2, 0.25) is 0 Å². The van der Waals surface area contributed by atoms with Gasteiger partial charge in [-0.3, -0.25) is 4.90 Å². The van der Waals surface area contributed by atoms with Gasteiger partial charge in [0.05, 0.1) is 5.01 Å². The Kier molecular flexibility index (Phi) is 2.58. The van der Waals surface area contributed by atoms with Gasteiger partial charge in [-0.25, -0.2) is 4.98 Å². The Hall–Kier alpha value is -0.450. The molecule has 94 valence electrons. The van der Waals surface area contributed by atoms with Crippen LogP contribution in [-0.4, -0.2) is 36.1 Å². The van der Waals surface area contributed by atoms with Crippen molar-refractivity contribution in [2.24, 2.45) is 5.41 Å². The van der Waals surface area contributed by atoms with Gasteiger partial charge in [0.1, 0.15) is 0 Å². The smallest absolute Gasteiger partial charge is 0.0981 e. The molecule has 4 heteroatoms. The Morgan fingerprint density at radius 2 is 2.12 bits per heavy atom. The molecule has 1 aromatic heterocycles. The van der Waals surface area contributed by atoms with Crippen LogP contribution >= 0.6 is 11.3 Å². The van der Waals surface area contributed by atoms with Crippen LogP contribution in [0.4, 0.5) is 0 Å². The predicted molar refractivity (Wildman–Crippen MR) is 71.4 cm³/mol. The molecule has 2 aliphatic rings. The van der Waals surface area contributed by atoms with Crippen LogP contribution in [0.25, 0.3) is 0 Å². The van der Waals surface area contributed by atoms with E-state index in [-0.39, 0.29) is 5.41 Å². The highest BCUT2D eigenvalue weighted by Gasteiger charge is 2.47. The summed E-state index contributed by atoms with van der Waals surface area (Å²) < 4.78 is 0. The van der Waals surface area contributed by atoms with Crippen LogP contribution < -0.4 is 5.32 Å². The summed E-state index contributed by atoms with van der Waals surface area (Å²) >= 11 is 1.87. The summed E-state index contributed by atoms with van der Waals surface area (Å²) in [4.78, 5) is 8.51. The minimum atomic E-state index is 0.191. The van der Waals surface area contributed by atoms with Crippen LogP contribution in [0, 0.1) is 5.41 Å². The molecule has 0 aromatic carbocycles. The van der Waals surface area contributed by atoms with E-state index in [9.17, 15) is 0 Å². The van der Waals surface area contributed by atoms with Crippen LogP contribution in [0.3, 0.4) is 0 Å². The third-order valence-corrected chi connectivity index (χ3v) is 5.10. The zero-order valence-electron chi connectivity index (χ0n) is 10.9. The molecule has 3 heterocycles. The number of hydrogen-bond donors (Lipinski definition) is 1. The molecule has 3 nitrogen and oxygen atoms in total. The molecule has 1 aromatic rings. The first-order chi connectivity index (χ1) is 7.97. The van der Waals surface area contributed by atoms with Gasteiger partial charge in [-0.15, -0.1) is 11.3 Å². The fourth-order valence-electron chi connectivity index (χ4n) is 2.66. The fourth-order valence-corrected chi connectivity index (χ4v) is 3.68. The van der Waals surface area contributed by atoms with Gasteiger partial charge in [0, 0.05) is 54.6 Å². The van der Waals surface area contributed by atoms with E-state index in [0.29, 0.717) is 5.41 Å². The summed E-state index contributed by atoms with van der Waals surface area (Å²) in [6, 6.07) is 0. The summed E-state index contributed by atoms with van der Waals surface area (Å²) in [7, 11) is 0. The number of rotatable bonds is 2. The van der Waals surface area contributed by atoms with E-state index in [1.807, 2.05) is 11.3 Å². The van der Waals surface area contributed by atoms with Crippen molar-refractivity contribution < 1.29 is 0 Å². The highest BCUT2D eigenvalue weighted by atomic mass is 32.1. The Labute approximate surface area is 107 Å². The number of likely N-dealkylation sites (tertiary alicyclic amines) is 1. The number of nitrogens with zero attached hydrogens (tertiary/aromatic N) is 2. The third-order valence-electron chi connectivity index (χ3n) is 3.69. The predicted octanol–water partition coefficient (Wildman–Crippen LogP) is 1.85. The van der Waals surface area contributed by atoms with Gasteiger partial charge >= 0.3 is 0 Å². The number of nitrogens with one attached hydrogen (secondary N) is 1. The zero-order valence-corrected chi connectivity index (χ0v) is 11.7. The van der Waals surface area contributed by atoms with Gasteiger partial charge in [-0.05, 0) is 0 Å². The first-order valence-corrected chi connectivity index (χ1v) is 7.17. The quantitative estimate of drug-likeness (QED) is 0.869. The lowest BCUT2D eigenvalue weighted by molar-refractivity contribution is -0.0439. The van der Waals surface area contributed by atoms with Crippen molar-refractivity contribution in [3.05, 3.63) is 16.1 Å². The van der Waals surface area contributed by atoms with E-state index >= 15 is 0 Å². The summed E-state index contributed by atoms with van der Waals surface area (Å²) in [5.74, 6) is 0. The maximum atomic E-state index is 4.55. The molecule has 3 rings (SSSR count). The van der Waals surface area contributed by atoms with Crippen LogP contribution in [0.15, 0.2) is 6.20 Å². The van der Waals surface area contributed by atoms with Gasteiger partial charge < -0.3 is 5.32 Å². The van der Waals surface area contributed by atoms with Gasteiger partial charge in [0.15, 0.2) is 0 Å². The van der Waals surface area contributed by atoms with Crippen molar-refractivity contribution in [2.45, 2.75) is 32.7 Å². The minimum Gasteiger partial charge on any atom is -0.315 e. The van der Waals surface area contributed by atoms with Crippen molar-refractivity contribution in [3.63, 3.8) is 0 Å². The molecule has 0 saturated carbocycles. The molecule has 17 heavy (non-hydrogen) atoms. The molecule has 0 atom stereocenters. The molecule has 1 spiro atoms. The first-order valence-electron chi connectivity index (χ1n) is 6.35. The topological polar surface area (TPSA) is 28.2 Å². The van der Waals surface area contributed by atoms with Crippen molar-refractivity contribution in [1.29, 1.82) is 0 Å². The highest BCUT2D eigenvalue weighted by molar-refractivity contribution is 7.11. The Balaban J connectivity index is 1.57. The molecule has 0 radical (unpaired) electrons. The van der Waals surface area contributed by atoms with E-state index in [4.69, 9.17) is 0 Å². The summed E-state index contributed by atoms with van der Waals surface area (Å²) in [5, 5.41) is 4.63. The van der Waals surface area contributed by atoms with Crippen LogP contribution in [0.1, 0.15) is 30.7 Å². The largest absolute Gasteiger partial charge is 0.315 e. The average Bonchev–Trinajstić information content (AvgIpc) is 2.54. The van der Waals surface area contributed by atoms with Crippen molar-refractivity contribution in [3.8, 4) is 0 Å². The van der Waals surface area contributed by atoms with E-state index in [2.05, 4.69) is 42.2 Å². The van der Waals surface area contributed by atoms with Gasteiger partial charge in [-0.2, -0.15) is 0 Å². The second-order valence-corrected chi connectivity index (χ2v) is 7.75. The summed E-state index contributed by atoms with van der Waals surface area (Å²) in [5.41, 5.74) is 0.828. The number of thiazole rings is 1. The lowest BCUT2D eigenvalue weighted by Gasteiger charge is -2.56. The highest BCUT2D eigenvalue weighted by Crippen LogP contribution is 2.36. The van der Waals surface area contributed by atoms with E-state index in [1.54, 1.807) is 0 Å². The van der Waals surface area contributed by atoms with Gasteiger partial charge in [0.25, 0.3) is 0 Å². The third kappa shape index (κ3) is 2.14. The first kappa shape index (κ1) is 11.6. The Morgan fingerprint density at radius 3 is 2.59 bits per heavy atom. The molecular formula is C13H21N3S. The zero-order chi connectivity index (χ0) is 12.1. The SMILES string of the molecule is CC(C)(C)c1ncc(CN2CC3(CNC3)C2)s1. The fraction of sp³-hybridized carbons (Fsp3) is 0.769. The molecule has 1 N–H and O–H groups in total. The maximum Gasteiger partial charge on any atom is 0.0981 e. The van der Waals surface area contributed by atoms with Crippen LogP contribution in [-0.2, 0) is 12.0 Å². The van der Waals surface area contributed by atoms with Crippen LogP contribution in [0.5, 0.6) is 0 Å². The van der Waals surface area contributed by atoms with E-state index in [1.165, 1.54) is 36.1 Å². The number of hydrogen-bond acceptors (Lipinski definition) is 4. The lowest BCUT2D eigenvalue weighted by atomic mass is 9.74. The Bertz CT molecular complexity index is 407. The maximum absolute atomic E-state index is 4.55. The van der Waals surface area contributed by atoms with Gasteiger partial charge in [-0.1, -0.05) is 20.8 Å². The second kappa shape index (κ2) is 3.77. The molecule has 2 aliphatic heterocycles. The molecule has 2 fully saturated rings. The Morgan fingerprint density at radius 1 is 1.41 bits per heavy atom. The number of aromatic nitrogens is 1. The molecule has 0 aliphatic carbocycles. The van der Waals surface area contributed by atoms with Crippen LogP contribution in [0.2, 0.25) is 0 Å². The van der Waals surface area contributed by atoms with Crippen molar-refractivity contribution in [1.82, 2.24) is 15.2 Å². The average molecular weight is 251 g/mol.